The molecule has 2 saturated carbocycles. The topological polar surface area (TPSA) is 72.7 Å². The van der Waals surface area contributed by atoms with Crippen LogP contribution in [0.25, 0.3) is 17.1 Å². The van der Waals surface area contributed by atoms with Gasteiger partial charge in [0.2, 0.25) is 5.91 Å². The molecule has 33 heavy (non-hydrogen) atoms. The van der Waals surface area contributed by atoms with E-state index in [-0.39, 0.29) is 17.2 Å². The van der Waals surface area contributed by atoms with E-state index in [0.717, 1.165) is 23.1 Å². The average molecular weight is 482 g/mol. The number of amides is 1. The molecule has 8 heteroatoms. The molecule has 2 fully saturated rings. The van der Waals surface area contributed by atoms with Gasteiger partial charge >= 0.3 is 0 Å². The van der Waals surface area contributed by atoms with Gasteiger partial charge in [0.25, 0.3) is 0 Å². The molecule has 0 spiro atoms. The Labute approximate surface area is 203 Å². The van der Waals surface area contributed by atoms with Crippen molar-refractivity contribution in [2.24, 2.45) is 17.8 Å². The summed E-state index contributed by atoms with van der Waals surface area (Å²) in [6.07, 6.45) is 8.76. The maximum atomic E-state index is 13.1. The fourth-order valence-electron chi connectivity index (χ4n) is 5.42. The summed E-state index contributed by atoms with van der Waals surface area (Å²) in [6, 6.07) is 11.6. The summed E-state index contributed by atoms with van der Waals surface area (Å²) in [4.78, 5) is 17.2. The minimum Gasteiger partial charge on any atom is -0.352 e. The van der Waals surface area contributed by atoms with E-state index in [1.54, 1.807) is 12.4 Å². The lowest BCUT2D eigenvalue weighted by molar-refractivity contribution is -0.121. The SMILES string of the molecule is CC(Sc1nnc(-c2ccncc2)n1-c1ccc(Cl)cc1)C(=O)NC(C)C1CC2CCC1C2. The number of halogens is 1. The smallest absolute Gasteiger partial charge is 0.233 e. The van der Waals surface area contributed by atoms with Gasteiger partial charge in [0.15, 0.2) is 11.0 Å². The van der Waals surface area contributed by atoms with Crippen molar-refractivity contribution in [3.05, 3.63) is 53.8 Å². The van der Waals surface area contributed by atoms with Crippen LogP contribution in [0.4, 0.5) is 0 Å². The molecule has 1 aromatic carbocycles. The zero-order valence-electron chi connectivity index (χ0n) is 18.8. The molecule has 5 atom stereocenters. The number of rotatable bonds is 7. The Balaban J connectivity index is 1.35. The van der Waals surface area contributed by atoms with Crippen LogP contribution in [0.5, 0.6) is 0 Å². The molecule has 2 aliphatic rings. The van der Waals surface area contributed by atoms with Gasteiger partial charge in [0, 0.05) is 34.7 Å². The van der Waals surface area contributed by atoms with Crippen LogP contribution in [0.2, 0.25) is 5.02 Å². The van der Waals surface area contributed by atoms with Crippen molar-refractivity contribution in [1.29, 1.82) is 0 Å². The number of carbonyl (C=O) groups is 1. The zero-order valence-corrected chi connectivity index (χ0v) is 20.4. The van der Waals surface area contributed by atoms with Crippen molar-refractivity contribution < 1.29 is 4.79 Å². The molecule has 0 saturated heterocycles. The second-order valence-corrected chi connectivity index (χ2v) is 11.0. The van der Waals surface area contributed by atoms with Crippen molar-refractivity contribution >= 4 is 29.3 Å². The second kappa shape index (κ2) is 9.47. The van der Waals surface area contributed by atoms with Crippen LogP contribution in [-0.2, 0) is 4.79 Å². The molecule has 2 bridgehead atoms. The van der Waals surface area contributed by atoms with Crippen molar-refractivity contribution in [2.75, 3.05) is 0 Å². The van der Waals surface area contributed by atoms with Gasteiger partial charge in [-0.2, -0.15) is 0 Å². The Hall–Kier alpha value is -2.38. The first-order valence-electron chi connectivity index (χ1n) is 11.6. The van der Waals surface area contributed by atoms with Crippen molar-refractivity contribution in [3.63, 3.8) is 0 Å². The van der Waals surface area contributed by atoms with Gasteiger partial charge in [-0.3, -0.25) is 14.3 Å². The van der Waals surface area contributed by atoms with E-state index in [4.69, 9.17) is 11.6 Å². The van der Waals surface area contributed by atoms with Crippen molar-refractivity contribution in [2.45, 2.75) is 56.0 Å². The van der Waals surface area contributed by atoms with Crippen LogP contribution < -0.4 is 5.32 Å². The third-order valence-corrected chi connectivity index (χ3v) is 8.41. The summed E-state index contributed by atoms with van der Waals surface area (Å²) in [5.41, 5.74) is 1.79. The monoisotopic (exact) mass is 481 g/mol. The highest BCUT2D eigenvalue weighted by molar-refractivity contribution is 8.00. The van der Waals surface area contributed by atoms with E-state index >= 15 is 0 Å². The summed E-state index contributed by atoms with van der Waals surface area (Å²) in [7, 11) is 0. The highest BCUT2D eigenvalue weighted by Gasteiger charge is 2.42. The van der Waals surface area contributed by atoms with E-state index in [9.17, 15) is 4.79 Å². The molecule has 2 heterocycles. The number of hydrogen-bond acceptors (Lipinski definition) is 5. The molecule has 1 amide bonds. The fourth-order valence-corrected chi connectivity index (χ4v) is 6.43. The van der Waals surface area contributed by atoms with Gasteiger partial charge in [0.05, 0.1) is 5.25 Å². The first kappa shape index (κ1) is 22.4. The number of benzene rings is 1. The minimum absolute atomic E-state index is 0.0476. The number of fused-ring (bicyclic) bond motifs is 2. The maximum absolute atomic E-state index is 13.1. The molecular weight excluding hydrogens is 454 g/mol. The molecule has 2 aromatic heterocycles. The molecule has 5 rings (SSSR count). The summed E-state index contributed by atoms with van der Waals surface area (Å²) >= 11 is 7.54. The third kappa shape index (κ3) is 4.66. The van der Waals surface area contributed by atoms with Crippen molar-refractivity contribution in [1.82, 2.24) is 25.1 Å². The number of thioether (sulfide) groups is 1. The maximum Gasteiger partial charge on any atom is 0.233 e. The highest BCUT2D eigenvalue weighted by atomic mass is 35.5. The van der Waals surface area contributed by atoms with Gasteiger partial charge in [-0.05, 0) is 87.3 Å². The first-order chi connectivity index (χ1) is 16.0. The average Bonchev–Trinajstić information content (AvgIpc) is 3.56. The van der Waals surface area contributed by atoms with Crippen LogP contribution in [0.1, 0.15) is 39.5 Å². The van der Waals surface area contributed by atoms with Gasteiger partial charge in [-0.1, -0.05) is 29.8 Å². The Kier molecular flexibility index (Phi) is 6.43. The normalized spacial score (nSPS) is 23.4. The molecule has 3 aromatic rings. The number of aromatic nitrogens is 4. The standard InChI is InChI=1S/C25H28ClN5OS/c1-15(22-14-17-3-4-19(22)13-17)28-24(32)16(2)33-25-30-29-23(18-9-11-27-12-10-18)31(25)21-7-5-20(26)6-8-21/h5-12,15-17,19,22H,3-4,13-14H2,1-2H3,(H,28,32). The molecule has 1 N–H and O–H groups in total. The van der Waals surface area contributed by atoms with Crippen LogP contribution in [0.15, 0.2) is 53.9 Å². The van der Waals surface area contributed by atoms with Crippen LogP contribution in [-0.4, -0.2) is 36.9 Å². The lowest BCUT2D eigenvalue weighted by atomic mass is 9.84. The highest BCUT2D eigenvalue weighted by Crippen LogP contribution is 2.49. The predicted octanol–water partition coefficient (Wildman–Crippen LogP) is 5.40. The molecule has 6 nitrogen and oxygen atoms in total. The molecule has 2 aliphatic carbocycles. The summed E-state index contributed by atoms with van der Waals surface area (Å²) in [5.74, 6) is 3.01. The van der Waals surface area contributed by atoms with E-state index < -0.39 is 0 Å². The minimum atomic E-state index is -0.299. The predicted molar refractivity (Wildman–Crippen MR) is 131 cm³/mol. The van der Waals surface area contributed by atoms with Gasteiger partial charge in [-0.25, -0.2) is 0 Å². The van der Waals surface area contributed by atoms with E-state index in [0.29, 0.717) is 21.9 Å². The van der Waals surface area contributed by atoms with E-state index in [1.165, 1.54) is 37.4 Å². The summed E-state index contributed by atoms with van der Waals surface area (Å²) in [5, 5.41) is 13.2. The van der Waals surface area contributed by atoms with E-state index in [1.807, 2.05) is 47.9 Å². The number of nitrogens with zero attached hydrogens (tertiary/aromatic N) is 4. The van der Waals surface area contributed by atoms with E-state index in [2.05, 4.69) is 27.4 Å². The Morgan fingerprint density at radius 1 is 1.09 bits per heavy atom. The number of pyridine rings is 1. The summed E-state index contributed by atoms with van der Waals surface area (Å²) < 4.78 is 1.97. The molecule has 0 aliphatic heterocycles. The Morgan fingerprint density at radius 3 is 2.52 bits per heavy atom. The number of nitrogens with one attached hydrogen (secondary N) is 1. The third-order valence-electron chi connectivity index (χ3n) is 7.11. The Morgan fingerprint density at radius 2 is 1.85 bits per heavy atom. The van der Waals surface area contributed by atoms with Crippen molar-refractivity contribution in [3.8, 4) is 17.1 Å². The summed E-state index contributed by atoms with van der Waals surface area (Å²) in [6.45, 7) is 4.10. The van der Waals surface area contributed by atoms with Gasteiger partial charge in [-0.15, -0.1) is 10.2 Å². The van der Waals surface area contributed by atoms with Crippen LogP contribution >= 0.6 is 23.4 Å². The zero-order chi connectivity index (χ0) is 22.9. The molecule has 0 radical (unpaired) electrons. The molecular formula is C25H28ClN5OS. The second-order valence-electron chi connectivity index (χ2n) is 9.25. The van der Waals surface area contributed by atoms with Crippen LogP contribution in [0.3, 0.4) is 0 Å². The Bertz CT molecular complexity index is 1120. The van der Waals surface area contributed by atoms with Crippen LogP contribution in [0, 0.1) is 17.8 Å². The quantitative estimate of drug-likeness (QED) is 0.457. The van der Waals surface area contributed by atoms with Gasteiger partial charge < -0.3 is 5.32 Å². The lowest BCUT2D eigenvalue weighted by Gasteiger charge is -2.29. The van der Waals surface area contributed by atoms with Gasteiger partial charge in [0.1, 0.15) is 0 Å². The number of hydrogen-bond donors (Lipinski definition) is 1. The lowest BCUT2D eigenvalue weighted by Crippen LogP contribution is -2.43. The number of carbonyl (C=O) groups excluding carboxylic acids is 1. The largest absolute Gasteiger partial charge is 0.352 e. The fraction of sp³-hybridized carbons (Fsp3) is 0.440. The molecule has 172 valence electrons. The molecule has 5 unspecified atom stereocenters. The first-order valence-corrected chi connectivity index (χ1v) is 12.8.